The molecule has 39 heavy (non-hydrogen) atoms. The number of rotatable bonds is 3. The molecule has 196 valence electrons. The molecule has 0 amide bonds. The molecule has 3 heterocycles. The summed E-state index contributed by atoms with van der Waals surface area (Å²) in [7, 11) is 0. The fraction of sp³-hybridized carbons (Fsp3) is 0.312. The normalized spacial score (nSPS) is 19.3. The van der Waals surface area contributed by atoms with Gasteiger partial charge in [0.1, 0.15) is 17.4 Å². The second kappa shape index (κ2) is 9.09. The van der Waals surface area contributed by atoms with Gasteiger partial charge in [0.2, 0.25) is 11.8 Å². The summed E-state index contributed by atoms with van der Waals surface area (Å²) in [4.78, 5) is 28.6. The molecule has 1 aliphatic carbocycles. The Morgan fingerprint density at radius 3 is 2.62 bits per heavy atom. The van der Waals surface area contributed by atoms with E-state index in [9.17, 15) is 4.79 Å². The highest BCUT2D eigenvalue weighted by molar-refractivity contribution is 5.99. The van der Waals surface area contributed by atoms with E-state index in [1.54, 1.807) is 6.07 Å². The second-order valence-corrected chi connectivity index (χ2v) is 11.3. The summed E-state index contributed by atoms with van der Waals surface area (Å²) in [6, 6.07) is 15.9. The van der Waals surface area contributed by atoms with Crippen LogP contribution in [0.4, 0.5) is 5.69 Å². The Kier molecular flexibility index (Phi) is 5.80. The van der Waals surface area contributed by atoms with Crippen LogP contribution >= 0.6 is 0 Å². The largest absolute Gasteiger partial charge is 0.471 e. The number of aliphatic imine (C=N–C) groups is 1. The molecule has 6 rings (SSSR count). The van der Waals surface area contributed by atoms with Crippen LogP contribution in [-0.4, -0.2) is 28.0 Å². The van der Waals surface area contributed by atoms with E-state index in [1.165, 1.54) is 11.1 Å². The third-order valence-electron chi connectivity index (χ3n) is 7.95. The summed E-state index contributed by atoms with van der Waals surface area (Å²) in [6.45, 7) is 18.0. The fourth-order valence-electron chi connectivity index (χ4n) is 5.96. The lowest BCUT2D eigenvalue weighted by atomic mass is 9.80. The average Bonchev–Trinajstić information content (AvgIpc) is 3.28. The van der Waals surface area contributed by atoms with E-state index in [1.807, 2.05) is 39.0 Å². The Morgan fingerprint density at radius 1 is 1.08 bits per heavy atom. The van der Waals surface area contributed by atoms with Crippen molar-refractivity contribution in [3.05, 3.63) is 104 Å². The first-order valence-corrected chi connectivity index (χ1v) is 13.2. The van der Waals surface area contributed by atoms with Gasteiger partial charge in [-0.2, -0.15) is 0 Å². The summed E-state index contributed by atoms with van der Waals surface area (Å²) in [6.07, 6.45) is 1.64. The quantitative estimate of drug-likeness (QED) is 0.313. The molecular weight excluding hydrogens is 488 g/mol. The van der Waals surface area contributed by atoms with Crippen LogP contribution in [0.3, 0.4) is 0 Å². The van der Waals surface area contributed by atoms with Crippen LogP contribution in [-0.2, 0) is 17.6 Å². The Bertz CT molecular complexity index is 1780. The molecular formula is C32H30N4O3. The Hall–Kier alpha value is -4.44. The van der Waals surface area contributed by atoms with Crippen LogP contribution in [0.15, 0.2) is 58.3 Å². The molecule has 2 aromatic heterocycles. The predicted molar refractivity (Wildman–Crippen MR) is 152 cm³/mol. The molecule has 2 aromatic carbocycles. The summed E-state index contributed by atoms with van der Waals surface area (Å²) in [5.74, 6) is 1.31. The predicted octanol–water partition coefficient (Wildman–Crippen LogP) is 6.53. The minimum Gasteiger partial charge on any atom is -0.471 e. The zero-order chi connectivity index (χ0) is 27.5. The van der Waals surface area contributed by atoms with E-state index in [4.69, 9.17) is 21.0 Å². The van der Waals surface area contributed by atoms with Gasteiger partial charge in [0.25, 0.3) is 5.56 Å². The second-order valence-electron chi connectivity index (χ2n) is 11.3. The molecule has 0 unspecified atom stereocenters. The maximum absolute atomic E-state index is 12.5. The molecule has 0 fully saturated rings. The third-order valence-corrected chi connectivity index (χ3v) is 7.95. The number of aryl methyl sites for hydroxylation is 1. The molecule has 4 aromatic rings. The van der Waals surface area contributed by atoms with Crippen LogP contribution in [0.5, 0.6) is 11.6 Å². The number of ether oxygens (including phenoxy) is 2. The molecule has 0 bridgehead atoms. The summed E-state index contributed by atoms with van der Waals surface area (Å²) in [5, 5.41) is 0.739. The highest BCUT2D eigenvalue weighted by Gasteiger charge is 2.45. The lowest BCUT2D eigenvalue weighted by Crippen LogP contribution is -2.38. The third kappa shape index (κ3) is 4.26. The number of aromatic nitrogens is 2. The van der Waals surface area contributed by atoms with Crippen LogP contribution in [0, 0.1) is 32.8 Å². The van der Waals surface area contributed by atoms with E-state index >= 15 is 0 Å². The van der Waals surface area contributed by atoms with Crippen molar-refractivity contribution in [1.29, 1.82) is 0 Å². The van der Waals surface area contributed by atoms with Gasteiger partial charge in [-0.3, -0.25) is 4.79 Å². The van der Waals surface area contributed by atoms with Crippen LogP contribution in [0.1, 0.15) is 47.4 Å². The zero-order valence-corrected chi connectivity index (χ0v) is 22.8. The summed E-state index contributed by atoms with van der Waals surface area (Å²) >= 11 is 0. The minimum absolute atomic E-state index is 0.0163. The van der Waals surface area contributed by atoms with Crippen molar-refractivity contribution < 1.29 is 9.47 Å². The summed E-state index contributed by atoms with van der Waals surface area (Å²) in [5.41, 5.74) is 6.10. The van der Waals surface area contributed by atoms with Crippen LogP contribution in [0.2, 0.25) is 0 Å². The maximum atomic E-state index is 12.5. The first kappa shape index (κ1) is 24.9. The molecule has 1 N–H and O–H groups in total. The molecule has 0 saturated carbocycles. The zero-order valence-electron chi connectivity index (χ0n) is 22.8. The number of aromatic amines is 1. The van der Waals surface area contributed by atoms with Gasteiger partial charge in [0.05, 0.1) is 12.6 Å². The maximum Gasteiger partial charge on any atom is 0.274 e. The van der Waals surface area contributed by atoms with Crippen LogP contribution < -0.4 is 10.3 Å². The number of nitrogens with one attached hydrogen (secondary N) is 1. The van der Waals surface area contributed by atoms with Crippen molar-refractivity contribution in [3.63, 3.8) is 0 Å². The number of nitrogens with zero attached hydrogens (tertiary/aromatic N) is 3. The van der Waals surface area contributed by atoms with Crippen molar-refractivity contribution in [2.45, 2.75) is 59.6 Å². The Balaban J connectivity index is 1.40. The van der Waals surface area contributed by atoms with E-state index in [0.29, 0.717) is 28.4 Å². The molecule has 2 aliphatic rings. The molecule has 0 saturated heterocycles. The van der Waals surface area contributed by atoms with E-state index in [2.05, 4.69) is 52.9 Å². The van der Waals surface area contributed by atoms with Gasteiger partial charge in [0.15, 0.2) is 5.69 Å². The number of H-pyrrole nitrogens is 1. The minimum atomic E-state index is -0.268. The lowest BCUT2D eigenvalue weighted by Gasteiger charge is -2.32. The number of pyridine rings is 2. The number of hydrogen-bond acceptors (Lipinski definition) is 5. The smallest absolute Gasteiger partial charge is 0.274 e. The Labute approximate surface area is 227 Å². The van der Waals surface area contributed by atoms with Gasteiger partial charge >= 0.3 is 0 Å². The van der Waals surface area contributed by atoms with Crippen molar-refractivity contribution in [3.8, 4) is 11.6 Å². The topological polar surface area (TPSA) is 80.9 Å². The van der Waals surface area contributed by atoms with Crippen molar-refractivity contribution in [2.75, 3.05) is 0 Å². The summed E-state index contributed by atoms with van der Waals surface area (Å²) < 4.78 is 12.8. The Morgan fingerprint density at radius 2 is 1.85 bits per heavy atom. The molecule has 1 aliphatic heterocycles. The SMILES string of the molecule is [C-]#[N+]c1c(C)c(Oc2ccc3cc(C)[nH]c(=O)c3n2)cc(C2=N[C@H]3Cc4ccccc4CC(C)(C)[C@@H]3O2)c1C. The van der Waals surface area contributed by atoms with Crippen molar-refractivity contribution in [1.82, 2.24) is 9.97 Å². The van der Waals surface area contributed by atoms with Gasteiger partial charge in [-0.15, -0.1) is 0 Å². The first-order chi connectivity index (χ1) is 18.6. The van der Waals surface area contributed by atoms with E-state index in [-0.39, 0.29) is 29.0 Å². The first-order valence-electron chi connectivity index (χ1n) is 13.2. The van der Waals surface area contributed by atoms with E-state index < -0.39 is 0 Å². The molecule has 7 heteroatoms. The van der Waals surface area contributed by atoms with Gasteiger partial charge in [-0.1, -0.05) is 38.1 Å². The lowest BCUT2D eigenvalue weighted by molar-refractivity contribution is 0.0675. The highest BCUT2D eigenvalue weighted by Crippen LogP contribution is 2.43. The van der Waals surface area contributed by atoms with Crippen molar-refractivity contribution in [2.24, 2.45) is 10.4 Å². The standard InChI is InChI=1S/C32H30N4O3/c1-17-13-21-11-12-26(36-28(21)30(37)34-17)38-25-15-23(18(2)27(33-6)19(25)3)31-35-24-14-20-9-7-8-10-22(20)16-32(4,5)29(24)39-31/h7-13,15,24,29H,14,16H2,1-5H3,(H,34,37)/t24-,29+/m0/s1. The number of hydrogen-bond donors (Lipinski definition) is 1. The van der Waals surface area contributed by atoms with Gasteiger partial charge in [-0.25, -0.2) is 14.8 Å². The van der Waals surface area contributed by atoms with Crippen molar-refractivity contribution >= 4 is 22.5 Å². The van der Waals surface area contributed by atoms with Crippen LogP contribution in [0.25, 0.3) is 15.7 Å². The van der Waals surface area contributed by atoms with Gasteiger partial charge in [0, 0.05) is 28.1 Å². The fourth-order valence-corrected chi connectivity index (χ4v) is 5.96. The molecule has 2 atom stereocenters. The highest BCUT2D eigenvalue weighted by atomic mass is 16.5. The van der Waals surface area contributed by atoms with Gasteiger partial charge in [-0.05, 0) is 74.1 Å². The number of fused-ring (bicyclic) bond motifs is 3. The number of benzene rings is 2. The average molecular weight is 519 g/mol. The molecule has 7 nitrogen and oxygen atoms in total. The van der Waals surface area contributed by atoms with Gasteiger partial charge < -0.3 is 14.5 Å². The molecule has 0 spiro atoms. The van der Waals surface area contributed by atoms with E-state index in [0.717, 1.165) is 35.0 Å². The monoisotopic (exact) mass is 518 g/mol. The molecule has 0 radical (unpaired) electrons.